The summed E-state index contributed by atoms with van der Waals surface area (Å²) in [6, 6.07) is 11.6. The predicted octanol–water partition coefficient (Wildman–Crippen LogP) is 6.20. The van der Waals surface area contributed by atoms with Crippen LogP contribution < -0.4 is 16.0 Å². The normalized spacial score (nSPS) is 14.6. The number of amides is 2. The topological polar surface area (TPSA) is 120 Å². The van der Waals surface area contributed by atoms with Crippen LogP contribution in [0, 0.1) is 28.9 Å². The Balaban J connectivity index is 1.68. The van der Waals surface area contributed by atoms with Crippen molar-refractivity contribution in [1.29, 1.82) is 5.26 Å². The molecule has 2 aromatic carbocycles. The summed E-state index contributed by atoms with van der Waals surface area (Å²) in [5.41, 5.74) is -1.40. The van der Waals surface area contributed by atoms with Gasteiger partial charge in [0, 0.05) is 23.7 Å². The first-order chi connectivity index (χ1) is 20.3. The Morgan fingerprint density at radius 3 is 2.33 bits per heavy atom. The molecular weight excluding hydrogens is 573 g/mol. The molecule has 1 fully saturated rings. The monoisotopic (exact) mass is 597 g/mol. The van der Waals surface area contributed by atoms with Gasteiger partial charge in [-0.1, -0.05) is 0 Å². The highest BCUT2D eigenvalue weighted by atomic mass is 19.4. The molecule has 1 atom stereocenters. The van der Waals surface area contributed by atoms with Crippen LogP contribution in [0.3, 0.4) is 0 Å². The second-order valence-corrected chi connectivity index (χ2v) is 10.4. The maximum absolute atomic E-state index is 14.9. The van der Waals surface area contributed by atoms with Gasteiger partial charge in [-0.05, 0) is 79.8 Å². The van der Waals surface area contributed by atoms with Crippen LogP contribution >= 0.6 is 0 Å². The van der Waals surface area contributed by atoms with E-state index in [4.69, 9.17) is 4.42 Å². The molecule has 222 valence electrons. The zero-order valence-electron chi connectivity index (χ0n) is 22.8. The van der Waals surface area contributed by atoms with Gasteiger partial charge >= 0.3 is 6.18 Å². The van der Waals surface area contributed by atoms with Crippen molar-refractivity contribution in [2.75, 3.05) is 18.9 Å². The Morgan fingerprint density at radius 2 is 1.72 bits per heavy atom. The van der Waals surface area contributed by atoms with Gasteiger partial charge in [-0.3, -0.25) is 9.59 Å². The summed E-state index contributed by atoms with van der Waals surface area (Å²) in [7, 11) is 1.36. The molecule has 1 saturated carbocycles. The van der Waals surface area contributed by atoms with Crippen LogP contribution in [0.25, 0.3) is 33.6 Å². The lowest BCUT2D eigenvalue weighted by molar-refractivity contribution is -0.115. The molecule has 43 heavy (non-hydrogen) atoms. The van der Waals surface area contributed by atoms with Crippen LogP contribution in [0.2, 0.25) is 0 Å². The van der Waals surface area contributed by atoms with Crippen LogP contribution in [0.4, 0.5) is 27.8 Å². The number of alkyl halides is 3. The van der Waals surface area contributed by atoms with Gasteiger partial charge in [-0.25, -0.2) is 8.78 Å². The van der Waals surface area contributed by atoms with Crippen molar-refractivity contribution in [3.63, 3.8) is 0 Å². The van der Waals surface area contributed by atoms with Gasteiger partial charge < -0.3 is 20.4 Å². The third-order valence-corrected chi connectivity index (χ3v) is 7.17. The Morgan fingerprint density at radius 1 is 1.02 bits per heavy atom. The molecule has 2 aromatic heterocycles. The number of nitrogens with one attached hydrogen (secondary N) is 3. The van der Waals surface area contributed by atoms with Gasteiger partial charge in [0.05, 0.1) is 17.0 Å². The van der Waals surface area contributed by atoms with E-state index in [2.05, 4.69) is 27.0 Å². The SMILES string of the molecule is CNC(=O)c1c(-c2ccc(F)cc2)oc2nc(NCC(F)(F)F)c(-c3cc(F)cc(C(=O)NC(C)(C#N)C4CC4)c3)cc12. The molecule has 2 amide bonds. The summed E-state index contributed by atoms with van der Waals surface area (Å²) in [6.45, 7) is 0.0641. The molecule has 8 nitrogen and oxygen atoms in total. The van der Waals surface area contributed by atoms with Crippen molar-refractivity contribution in [1.82, 2.24) is 15.6 Å². The lowest BCUT2D eigenvalue weighted by Crippen LogP contribution is -2.46. The van der Waals surface area contributed by atoms with Crippen molar-refractivity contribution in [3.05, 3.63) is 71.3 Å². The third kappa shape index (κ3) is 6.13. The fraction of sp³-hybridized carbons (Fsp3) is 0.267. The number of fused-ring (bicyclic) bond motifs is 1. The molecule has 1 aliphatic rings. The minimum Gasteiger partial charge on any atom is -0.437 e. The number of nitriles is 1. The molecule has 13 heteroatoms. The van der Waals surface area contributed by atoms with E-state index in [1.807, 2.05) is 0 Å². The van der Waals surface area contributed by atoms with Gasteiger partial charge in [0.15, 0.2) is 0 Å². The second kappa shape index (κ2) is 11.0. The first-order valence-electron chi connectivity index (χ1n) is 13.1. The average Bonchev–Trinajstić information content (AvgIpc) is 3.76. The van der Waals surface area contributed by atoms with Crippen molar-refractivity contribution in [2.24, 2.45) is 5.92 Å². The van der Waals surface area contributed by atoms with E-state index in [1.54, 1.807) is 6.92 Å². The van der Waals surface area contributed by atoms with Crippen molar-refractivity contribution < 1.29 is 36.0 Å². The summed E-state index contributed by atoms with van der Waals surface area (Å²) in [5.74, 6) is -3.22. The smallest absolute Gasteiger partial charge is 0.405 e. The fourth-order valence-electron chi connectivity index (χ4n) is 4.78. The molecule has 0 aliphatic heterocycles. The van der Waals surface area contributed by atoms with Gasteiger partial charge in [0.1, 0.15) is 35.3 Å². The van der Waals surface area contributed by atoms with Crippen molar-refractivity contribution in [2.45, 2.75) is 31.5 Å². The van der Waals surface area contributed by atoms with E-state index in [9.17, 15) is 36.8 Å². The van der Waals surface area contributed by atoms with Crippen LogP contribution in [0.1, 0.15) is 40.5 Å². The molecule has 5 rings (SSSR count). The number of aromatic nitrogens is 1. The number of halogens is 5. The Labute approximate surface area is 241 Å². The fourth-order valence-corrected chi connectivity index (χ4v) is 4.78. The van der Waals surface area contributed by atoms with Crippen LogP contribution in [0.15, 0.2) is 52.9 Å². The summed E-state index contributed by atoms with van der Waals surface area (Å²) in [4.78, 5) is 30.3. The standard InChI is InChI=1S/C30H24F5N5O3/c1-29(13-36,18-5-6-18)40-26(41)17-9-16(10-20(32)11-17)21-12-22-23(27(42)37-2)24(15-3-7-19(31)8-4-15)43-28(22)39-25(21)38-14-30(33,34)35/h3-4,7-12,18H,5-6,14H2,1-2H3,(H,37,42)(H,38,39)(H,40,41). The average molecular weight is 598 g/mol. The summed E-state index contributed by atoms with van der Waals surface area (Å²) in [6.07, 6.45) is -3.16. The number of carbonyl (C=O) groups excluding carboxylic acids is 2. The number of hydrogen-bond donors (Lipinski definition) is 3. The zero-order valence-corrected chi connectivity index (χ0v) is 22.8. The van der Waals surface area contributed by atoms with Crippen LogP contribution in [-0.4, -0.2) is 42.1 Å². The van der Waals surface area contributed by atoms with E-state index in [0.717, 1.165) is 37.1 Å². The number of furan rings is 1. The number of pyridine rings is 1. The number of nitrogens with zero attached hydrogens (tertiary/aromatic N) is 2. The lowest BCUT2D eigenvalue weighted by Gasteiger charge is -2.23. The Bertz CT molecular complexity index is 1770. The van der Waals surface area contributed by atoms with E-state index in [1.165, 1.54) is 31.3 Å². The first kappa shape index (κ1) is 29.5. The Kier molecular flexibility index (Phi) is 7.56. The minimum absolute atomic E-state index is 0.0176. The third-order valence-electron chi connectivity index (χ3n) is 7.17. The predicted molar refractivity (Wildman–Crippen MR) is 147 cm³/mol. The molecular formula is C30H24F5N5O3. The molecule has 0 saturated heterocycles. The summed E-state index contributed by atoms with van der Waals surface area (Å²) in [5, 5.41) is 17.0. The van der Waals surface area contributed by atoms with E-state index in [0.29, 0.717) is 5.56 Å². The first-order valence-corrected chi connectivity index (χ1v) is 13.1. The zero-order chi connectivity index (χ0) is 31.1. The number of carbonyl (C=O) groups is 2. The van der Waals surface area contributed by atoms with E-state index in [-0.39, 0.29) is 50.8 Å². The lowest BCUT2D eigenvalue weighted by atomic mass is 9.96. The van der Waals surface area contributed by atoms with Gasteiger partial charge in [0.2, 0.25) is 5.71 Å². The molecule has 2 heterocycles. The largest absolute Gasteiger partial charge is 0.437 e. The van der Waals surface area contributed by atoms with Gasteiger partial charge in [-0.2, -0.15) is 23.4 Å². The molecule has 0 bridgehead atoms. The van der Waals surface area contributed by atoms with Crippen molar-refractivity contribution in [3.8, 4) is 28.5 Å². The number of anilines is 1. The quantitative estimate of drug-likeness (QED) is 0.208. The highest BCUT2D eigenvalue weighted by Crippen LogP contribution is 2.40. The highest BCUT2D eigenvalue weighted by Gasteiger charge is 2.43. The number of hydrogen-bond acceptors (Lipinski definition) is 6. The second-order valence-electron chi connectivity index (χ2n) is 10.4. The molecule has 0 spiro atoms. The molecule has 3 N–H and O–H groups in total. The number of rotatable bonds is 8. The molecule has 1 unspecified atom stereocenters. The van der Waals surface area contributed by atoms with Crippen molar-refractivity contribution >= 4 is 28.7 Å². The molecule has 4 aromatic rings. The number of benzene rings is 2. The van der Waals surface area contributed by atoms with Gasteiger partial charge in [-0.15, -0.1) is 0 Å². The van der Waals surface area contributed by atoms with Gasteiger partial charge in [0.25, 0.3) is 11.8 Å². The maximum Gasteiger partial charge on any atom is 0.405 e. The Hall–Kier alpha value is -4.99. The van der Waals surface area contributed by atoms with E-state index < -0.39 is 41.7 Å². The van der Waals surface area contributed by atoms with E-state index >= 15 is 0 Å². The molecule has 0 radical (unpaired) electrons. The van der Waals surface area contributed by atoms with Crippen LogP contribution in [0.5, 0.6) is 0 Å². The summed E-state index contributed by atoms with van der Waals surface area (Å²) < 4.78 is 74.0. The van der Waals surface area contributed by atoms with Crippen LogP contribution in [-0.2, 0) is 0 Å². The minimum atomic E-state index is -4.65. The molecule has 1 aliphatic carbocycles. The highest BCUT2D eigenvalue weighted by molar-refractivity contribution is 6.11. The maximum atomic E-state index is 14.9. The summed E-state index contributed by atoms with van der Waals surface area (Å²) >= 11 is 0.